The Balaban J connectivity index is 2.64. The van der Waals surface area contributed by atoms with Gasteiger partial charge in [-0.1, -0.05) is 13.3 Å². The van der Waals surface area contributed by atoms with Gasteiger partial charge in [-0.2, -0.15) is 0 Å². The molecule has 5 heteroatoms. The van der Waals surface area contributed by atoms with E-state index in [9.17, 15) is 14.4 Å². The van der Waals surface area contributed by atoms with Crippen LogP contribution in [-0.4, -0.2) is 34.3 Å². The van der Waals surface area contributed by atoms with Crippen LogP contribution in [0.3, 0.4) is 0 Å². The van der Waals surface area contributed by atoms with Crippen molar-refractivity contribution in [3.63, 3.8) is 0 Å². The van der Waals surface area contributed by atoms with Crippen LogP contribution >= 0.6 is 0 Å². The number of imide groups is 1. The molecule has 5 nitrogen and oxygen atoms in total. The van der Waals surface area contributed by atoms with Crippen LogP contribution in [0.2, 0.25) is 0 Å². The van der Waals surface area contributed by atoms with E-state index in [-0.39, 0.29) is 18.4 Å². The summed E-state index contributed by atoms with van der Waals surface area (Å²) in [6, 6.07) is 0. The van der Waals surface area contributed by atoms with Crippen LogP contribution in [0.1, 0.15) is 39.0 Å². The third-order valence-electron chi connectivity index (χ3n) is 2.77. The zero-order valence-electron chi connectivity index (χ0n) is 9.44. The maximum atomic E-state index is 11.5. The van der Waals surface area contributed by atoms with Crippen molar-refractivity contribution in [1.82, 2.24) is 4.90 Å². The molecule has 16 heavy (non-hydrogen) atoms. The Morgan fingerprint density at radius 1 is 1.38 bits per heavy atom. The molecule has 1 N–H and O–H groups in total. The first-order valence-corrected chi connectivity index (χ1v) is 5.62. The number of amides is 2. The summed E-state index contributed by atoms with van der Waals surface area (Å²) >= 11 is 0. The van der Waals surface area contributed by atoms with Crippen LogP contribution in [0, 0.1) is 5.92 Å². The van der Waals surface area contributed by atoms with E-state index in [0.717, 1.165) is 11.3 Å². The molecule has 1 fully saturated rings. The maximum Gasteiger partial charge on any atom is 0.308 e. The molecule has 0 bridgehead atoms. The van der Waals surface area contributed by atoms with Gasteiger partial charge in [-0.05, 0) is 12.8 Å². The Bertz CT molecular complexity index is 284. The van der Waals surface area contributed by atoms with E-state index < -0.39 is 11.9 Å². The summed E-state index contributed by atoms with van der Waals surface area (Å²) in [5, 5.41) is 8.96. The Kier molecular flexibility index (Phi) is 4.46. The summed E-state index contributed by atoms with van der Waals surface area (Å²) in [5.74, 6) is -2.04. The van der Waals surface area contributed by atoms with E-state index in [1.54, 1.807) is 0 Å². The molecule has 0 radical (unpaired) electrons. The van der Waals surface area contributed by atoms with E-state index in [4.69, 9.17) is 5.11 Å². The molecule has 0 aliphatic carbocycles. The Labute approximate surface area is 94.4 Å². The van der Waals surface area contributed by atoms with Gasteiger partial charge in [0, 0.05) is 19.4 Å². The smallest absolute Gasteiger partial charge is 0.308 e. The molecule has 1 unspecified atom stereocenters. The highest BCUT2D eigenvalue weighted by molar-refractivity contribution is 5.97. The lowest BCUT2D eigenvalue weighted by Gasteiger charge is -2.27. The van der Waals surface area contributed by atoms with Crippen molar-refractivity contribution in [2.24, 2.45) is 5.92 Å². The van der Waals surface area contributed by atoms with Crippen LogP contribution in [0.25, 0.3) is 0 Å². The Morgan fingerprint density at radius 3 is 2.38 bits per heavy atom. The lowest BCUT2D eigenvalue weighted by molar-refractivity contribution is -0.151. The van der Waals surface area contributed by atoms with Crippen LogP contribution in [0.4, 0.5) is 0 Å². The highest BCUT2D eigenvalue weighted by Crippen LogP contribution is 2.16. The molecule has 1 saturated heterocycles. The van der Waals surface area contributed by atoms with Gasteiger partial charge in [0.2, 0.25) is 11.8 Å². The van der Waals surface area contributed by atoms with Gasteiger partial charge in [0.25, 0.3) is 0 Å². The number of carbonyl (C=O) groups excluding carboxylic acids is 2. The number of carboxylic acid groups (broad SMARTS) is 1. The molecule has 0 aromatic heterocycles. The number of nitrogens with zero attached hydrogens (tertiary/aromatic N) is 1. The number of hydrogen-bond acceptors (Lipinski definition) is 3. The highest BCUT2D eigenvalue weighted by atomic mass is 16.4. The van der Waals surface area contributed by atoms with Crippen molar-refractivity contribution in [3.05, 3.63) is 0 Å². The van der Waals surface area contributed by atoms with Crippen molar-refractivity contribution in [1.29, 1.82) is 0 Å². The standard InChI is InChI=1S/C11H17NO4/c1-2-4-8(11(15)16)7-12-9(13)5-3-6-10(12)14/h8H,2-7H2,1H3,(H,15,16). The fourth-order valence-electron chi connectivity index (χ4n) is 1.87. The molecule has 1 atom stereocenters. The van der Waals surface area contributed by atoms with Gasteiger partial charge in [-0.25, -0.2) is 0 Å². The van der Waals surface area contributed by atoms with Gasteiger partial charge in [-0.15, -0.1) is 0 Å². The second-order valence-corrected chi connectivity index (χ2v) is 4.08. The molecular formula is C11H17NO4. The summed E-state index contributed by atoms with van der Waals surface area (Å²) in [5.41, 5.74) is 0. The Hall–Kier alpha value is -1.39. The number of hydrogen-bond donors (Lipinski definition) is 1. The average molecular weight is 227 g/mol. The van der Waals surface area contributed by atoms with Crippen molar-refractivity contribution in [2.45, 2.75) is 39.0 Å². The second-order valence-electron chi connectivity index (χ2n) is 4.08. The van der Waals surface area contributed by atoms with Crippen LogP contribution in [0.15, 0.2) is 0 Å². The van der Waals surface area contributed by atoms with Crippen LogP contribution in [0.5, 0.6) is 0 Å². The van der Waals surface area contributed by atoms with Gasteiger partial charge >= 0.3 is 5.97 Å². The first kappa shape index (κ1) is 12.7. The fraction of sp³-hybridized carbons (Fsp3) is 0.727. The minimum atomic E-state index is -0.937. The number of piperidine rings is 1. The van der Waals surface area contributed by atoms with Gasteiger partial charge in [0.05, 0.1) is 5.92 Å². The summed E-state index contributed by atoms with van der Waals surface area (Å²) in [6.45, 7) is 1.91. The van der Waals surface area contributed by atoms with Crippen LogP contribution < -0.4 is 0 Å². The summed E-state index contributed by atoms with van der Waals surface area (Å²) in [6.07, 6.45) is 2.51. The summed E-state index contributed by atoms with van der Waals surface area (Å²) in [7, 11) is 0. The molecule has 0 aromatic carbocycles. The van der Waals surface area contributed by atoms with E-state index in [1.807, 2.05) is 6.92 Å². The van der Waals surface area contributed by atoms with E-state index >= 15 is 0 Å². The number of carboxylic acids is 1. The lowest BCUT2D eigenvalue weighted by atomic mass is 10.0. The molecule has 0 aromatic rings. The first-order chi connectivity index (χ1) is 7.56. The maximum absolute atomic E-state index is 11.5. The van der Waals surface area contributed by atoms with E-state index in [2.05, 4.69) is 0 Å². The normalized spacial score (nSPS) is 18.7. The minimum Gasteiger partial charge on any atom is -0.481 e. The quantitative estimate of drug-likeness (QED) is 0.712. The second kappa shape index (κ2) is 5.63. The molecule has 90 valence electrons. The van der Waals surface area contributed by atoms with E-state index in [1.165, 1.54) is 0 Å². The van der Waals surface area contributed by atoms with Gasteiger partial charge in [0.15, 0.2) is 0 Å². The minimum absolute atomic E-state index is 0.0286. The zero-order chi connectivity index (χ0) is 12.1. The molecule has 1 aliphatic rings. The monoisotopic (exact) mass is 227 g/mol. The first-order valence-electron chi connectivity index (χ1n) is 5.62. The number of carbonyl (C=O) groups is 3. The summed E-state index contributed by atoms with van der Waals surface area (Å²) < 4.78 is 0. The molecule has 0 saturated carbocycles. The van der Waals surface area contributed by atoms with Gasteiger partial charge in [-0.3, -0.25) is 19.3 Å². The van der Waals surface area contributed by atoms with Crippen molar-refractivity contribution >= 4 is 17.8 Å². The van der Waals surface area contributed by atoms with Crippen molar-refractivity contribution < 1.29 is 19.5 Å². The highest BCUT2D eigenvalue weighted by Gasteiger charge is 2.30. The van der Waals surface area contributed by atoms with Gasteiger partial charge < -0.3 is 5.11 Å². The fourth-order valence-corrected chi connectivity index (χ4v) is 1.87. The average Bonchev–Trinajstić information content (AvgIpc) is 2.21. The van der Waals surface area contributed by atoms with Crippen molar-refractivity contribution in [3.8, 4) is 0 Å². The molecular weight excluding hydrogens is 210 g/mol. The lowest BCUT2D eigenvalue weighted by Crippen LogP contribution is -2.44. The van der Waals surface area contributed by atoms with E-state index in [0.29, 0.717) is 25.7 Å². The number of aliphatic carboxylic acids is 1. The third kappa shape index (κ3) is 3.05. The Morgan fingerprint density at radius 2 is 1.94 bits per heavy atom. The van der Waals surface area contributed by atoms with Gasteiger partial charge in [0.1, 0.15) is 0 Å². The number of likely N-dealkylation sites (tertiary alicyclic amines) is 1. The number of rotatable bonds is 5. The predicted molar refractivity (Wildman–Crippen MR) is 56.6 cm³/mol. The largest absolute Gasteiger partial charge is 0.481 e. The molecule has 1 heterocycles. The molecule has 1 aliphatic heterocycles. The van der Waals surface area contributed by atoms with Crippen LogP contribution in [-0.2, 0) is 14.4 Å². The summed E-state index contributed by atoms with van der Waals surface area (Å²) in [4.78, 5) is 35.0. The SMILES string of the molecule is CCCC(CN1C(=O)CCCC1=O)C(=O)O. The molecule has 1 rings (SSSR count). The molecule has 2 amide bonds. The van der Waals surface area contributed by atoms with Crippen molar-refractivity contribution in [2.75, 3.05) is 6.54 Å². The topological polar surface area (TPSA) is 74.7 Å². The molecule has 0 spiro atoms. The zero-order valence-corrected chi connectivity index (χ0v) is 9.44. The third-order valence-corrected chi connectivity index (χ3v) is 2.77. The predicted octanol–water partition coefficient (Wildman–Crippen LogP) is 1.03.